The molecule has 6 nitrogen and oxygen atoms in total. The molecule has 17 heavy (non-hydrogen) atoms. The predicted octanol–water partition coefficient (Wildman–Crippen LogP) is 2.50. The normalized spacial score (nSPS) is 10.2. The van der Waals surface area contributed by atoms with Crippen molar-refractivity contribution in [3.63, 3.8) is 0 Å². The summed E-state index contributed by atoms with van der Waals surface area (Å²) in [5.41, 5.74) is 2.54. The SMILES string of the molecule is Cc1cc([N+](=O)[O-])ccc1NCc1ccon1. The minimum Gasteiger partial charge on any atom is -0.379 e. The van der Waals surface area contributed by atoms with E-state index in [1.54, 1.807) is 12.1 Å². The first-order valence-electron chi connectivity index (χ1n) is 5.05. The Morgan fingerprint density at radius 3 is 2.88 bits per heavy atom. The predicted molar refractivity (Wildman–Crippen MR) is 61.7 cm³/mol. The molecule has 2 aromatic rings. The fourth-order valence-corrected chi connectivity index (χ4v) is 1.47. The lowest BCUT2D eigenvalue weighted by molar-refractivity contribution is -0.384. The van der Waals surface area contributed by atoms with Crippen molar-refractivity contribution in [3.8, 4) is 0 Å². The molecule has 0 atom stereocenters. The van der Waals surface area contributed by atoms with Crippen molar-refractivity contribution in [1.82, 2.24) is 5.16 Å². The standard InChI is InChI=1S/C11H11N3O3/c1-8-6-10(14(15)16)2-3-11(8)12-7-9-4-5-17-13-9/h2-6,12H,7H2,1H3. The highest BCUT2D eigenvalue weighted by Gasteiger charge is 2.07. The number of nitro benzene ring substituents is 1. The first kappa shape index (κ1) is 11.1. The monoisotopic (exact) mass is 233 g/mol. The van der Waals surface area contributed by atoms with E-state index < -0.39 is 4.92 Å². The van der Waals surface area contributed by atoms with Gasteiger partial charge in [-0.05, 0) is 18.6 Å². The van der Waals surface area contributed by atoms with E-state index in [-0.39, 0.29) is 5.69 Å². The molecule has 0 radical (unpaired) electrons. The number of non-ortho nitro benzene ring substituents is 1. The van der Waals surface area contributed by atoms with Gasteiger partial charge >= 0.3 is 0 Å². The lowest BCUT2D eigenvalue weighted by Gasteiger charge is -2.07. The summed E-state index contributed by atoms with van der Waals surface area (Å²) in [6.45, 7) is 2.34. The van der Waals surface area contributed by atoms with Crippen LogP contribution in [0.3, 0.4) is 0 Å². The smallest absolute Gasteiger partial charge is 0.269 e. The largest absolute Gasteiger partial charge is 0.379 e. The van der Waals surface area contributed by atoms with Crippen molar-refractivity contribution >= 4 is 11.4 Å². The maximum Gasteiger partial charge on any atom is 0.269 e. The molecule has 0 aliphatic carbocycles. The summed E-state index contributed by atoms with van der Waals surface area (Å²) in [6, 6.07) is 6.45. The van der Waals surface area contributed by atoms with E-state index >= 15 is 0 Å². The van der Waals surface area contributed by atoms with E-state index in [1.807, 2.05) is 6.92 Å². The second-order valence-electron chi connectivity index (χ2n) is 3.60. The Balaban J connectivity index is 2.09. The molecule has 1 aromatic carbocycles. The molecule has 0 unspecified atom stereocenters. The summed E-state index contributed by atoms with van der Waals surface area (Å²) in [4.78, 5) is 10.2. The molecule has 0 aliphatic heterocycles. The number of benzene rings is 1. The van der Waals surface area contributed by atoms with Gasteiger partial charge in [-0.25, -0.2) is 0 Å². The number of anilines is 1. The van der Waals surface area contributed by atoms with Gasteiger partial charge in [-0.2, -0.15) is 0 Å². The summed E-state index contributed by atoms with van der Waals surface area (Å²) in [5.74, 6) is 0. The zero-order valence-electron chi connectivity index (χ0n) is 9.21. The van der Waals surface area contributed by atoms with Crippen LogP contribution in [-0.4, -0.2) is 10.1 Å². The third kappa shape index (κ3) is 2.60. The minimum atomic E-state index is -0.408. The van der Waals surface area contributed by atoms with Crippen molar-refractivity contribution in [2.75, 3.05) is 5.32 Å². The van der Waals surface area contributed by atoms with Crippen LogP contribution in [0.5, 0.6) is 0 Å². The van der Waals surface area contributed by atoms with Crippen molar-refractivity contribution in [3.05, 3.63) is 51.9 Å². The molecule has 0 fully saturated rings. The molecule has 0 amide bonds. The fourth-order valence-electron chi connectivity index (χ4n) is 1.47. The van der Waals surface area contributed by atoms with Crippen LogP contribution >= 0.6 is 0 Å². The van der Waals surface area contributed by atoms with Crippen LogP contribution in [0.2, 0.25) is 0 Å². The van der Waals surface area contributed by atoms with Crippen LogP contribution in [0.4, 0.5) is 11.4 Å². The number of nitrogens with one attached hydrogen (secondary N) is 1. The molecule has 0 saturated heterocycles. The lowest BCUT2D eigenvalue weighted by atomic mass is 10.2. The summed E-state index contributed by atoms with van der Waals surface area (Å²) in [5, 5.41) is 17.5. The molecular formula is C11H11N3O3. The lowest BCUT2D eigenvalue weighted by Crippen LogP contribution is -2.01. The Bertz CT molecular complexity index is 523. The van der Waals surface area contributed by atoms with Crippen molar-refractivity contribution in [2.45, 2.75) is 13.5 Å². The number of aryl methyl sites for hydroxylation is 1. The third-order valence-electron chi connectivity index (χ3n) is 2.37. The molecular weight excluding hydrogens is 222 g/mol. The van der Waals surface area contributed by atoms with Gasteiger partial charge in [-0.1, -0.05) is 5.16 Å². The number of hydrogen-bond donors (Lipinski definition) is 1. The van der Waals surface area contributed by atoms with Gasteiger partial charge < -0.3 is 9.84 Å². The quantitative estimate of drug-likeness (QED) is 0.648. The molecule has 0 aliphatic rings. The number of aromatic nitrogens is 1. The van der Waals surface area contributed by atoms with Crippen molar-refractivity contribution < 1.29 is 9.45 Å². The van der Waals surface area contributed by atoms with Gasteiger partial charge in [-0.3, -0.25) is 10.1 Å². The Kier molecular flexibility index (Phi) is 3.04. The van der Waals surface area contributed by atoms with Gasteiger partial charge in [0, 0.05) is 23.9 Å². The summed E-state index contributed by atoms with van der Waals surface area (Å²) in [7, 11) is 0. The van der Waals surface area contributed by atoms with Crippen LogP contribution in [-0.2, 0) is 6.54 Å². The topological polar surface area (TPSA) is 81.2 Å². The van der Waals surface area contributed by atoms with Crippen LogP contribution < -0.4 is 5.32 Å². The fraction of sp³-hybridized carbons (Fsp3) is 0.182. The third-order valence-corrected chi connectivity index (χ3v) is 2.37. The van der Waals surface area contributed by atoms with E-state index in [9.17, 15) is 10.1 Å². The summed E-state index contributed by atoms with van der Waals surface area (Å²) >= 11 is 0. The van der Waals surface area contributed by atoms with Gasteiger partial charge in [0.05, 0.1) is 11.5 Å². The van der Waals surface area contributed by atoms with Crippen LogP contribution in [0, 0.1) is 17.0 Å². The van der Waals surface area contributed by atoms with Gasteiger partial charge in [-0.15, -0.1) is 0 Å². The Hall–Kier alpha value is -2.37. The number of nitrogens with zero attached hydrogens (tertiary/aromatic N) is 2. The summed E-state index contributed by atoms with van der Waals surface area (Å²) < 4.78 is 4.70. The highest BCUT2D eigenvalue weighted by Crippen LogP contribution is 2.21. The average Bonchev–Trinajstić information content (AvgIpc) is 2.80. The molecule has 6 heteroatoms. The van der Waals surface area contributed by atoms with E-state index in [0.717, 1.165) is 16.9 Å². The Morgan fingerprint density at radius 2 is 2.29 bits per heavy atom. The highest BCUT2D eigenvalue weighted by molar-refractivity contribution is 5.55. The second-order valence-corrected chi connectivity index (χ2v) is 3.60. The highest BCUT2D eigenvalue weighted by atomic mass is 16.6. The maximum atomic E-state index is 10.6. The first-order chi connectivity index (χ1) is 8.16. The van der Waals surface area contributed by atoms with Gasteiger partial charge in [0.1, 0.15) is 12.0 Å². The minimum absolute atomic E-state index is 0.0921. The molecule has 0 spiro atoms. The van der Waals surface area contributed by atoms with Crippen molar-refractivity contribution in [1.29, 1.82) is 0 Å². The molecule has 1 N–H and O–H groups in total. The molecule has 0 bridgehead atoms. The Morgan fingerprint density at radius 1 is 1.47 bits per heavy atom. The maximum absolute atomic E-state index is 10.6. The van der Waals surface area contributed by atoms with Gasteiger partial charge in [0.2, 0.25) is 0 Å². The first-order valence-corrected chi connectivity index (χ1v) is 5.05. The zero-order chi connectivity index (χ0) is 12.3. The number of hydrogen-bond acceptors (Lipinski definition) is 5. The molecule has 0 saturated carbocycles. The molecule has 88 valence electrons. The average molecular weight is 233 g/mol. The van der Waals surface area contributed by atoms with Crippen LogP contribution in [0.1, 0.15) is 11.3 Å². The van der Waals surface area contributed by atoms with E-state index in [0.29, 0.717) is 6.54 Å². The second kappa shape index (κ2) is 4.65. The van der Waals surface area contributed by atoms with E-state index in [2.05, 4.69) is 10.5 Å². The zero-order valence-corrected chi connectivity index (χ0v) is 9.21. The molecule has 1 heterocycles. The van der Waals surface area contributed by atoms with Crippen LogP contribution in [0.25, 0.3) is 0 Å². The number of nitro groups is 1. The van der Waals surface area contributed by atoms with Crippen LogP contribution in [0.15, 0.2) is 35.1 Å². The summed E-state index contributed by atoms with van der Waals surface area (Å²) in [6.07, 6.45) is 1.50. The van der Waals surface area contributed by atoms with E-state index in [1.165, 1.54) is 18.4 Å². The number of rotatable bonds is 4. The Labute approximate surface area is 97.4 Å². The molecule has 2 rings (SSSR count). The van der Waals surface area contributed by atoms with Gasteiger partial charge in [0.15, 0.2) is 0 Å². The van der Waals surface area contributed by atoms with Gasteiger partial charge in [0.25, 0.3) is 5.69 Å². The van der Waals surface area contributed by atoms with Crippen molar-refractivity contribution in [2.24, 2.45) is 0 Å². The van der Waals surface area contributed by atoms with E-state index in [4.69, 9.17) is 4.52 Å². The molecule has 1 aromatic heterocycles.